The van der Waals surface area contributed by atoms with Crippen molar-refractivity contribution in [3.63, 3.8) is 0 Å². The molecule has 1 aromatic rings. The number of oxime groups is 1. The number of morpholine rings is 1. The quantitative estimate of drug-likeness (QED) is 0.495. The fraction of sp³-hybridized carbons (Fsp3) is 0.583. The highest BCUT2D eigenvalue weighted by Crippen LogP contribution is 2.16. The molecule has 0 aromatic carbocycles. The Labute approximate surface area is 106 Å². The fourth-order valence-corrected chi connectivity index (χ4v) is 2.88. The van der Waals surface area contributed by atoms with E-state index >= 15 is 0 Å². The van der Waals surface area contributed by atoms with Gasteiger partial charge in [-0.15, -0.1) is 11.3 Å². The minimum absolute atomic E-state index is 0.871. The number of thiophene rings is 1. The first kappa shape index (κ1) is 12.5. The second-order valence-corrected chi connectivity index (χ2v) is 5.31. The normalized spacial score (nSPS) is 17.9. The van der Waals surface area contributed by atoms with Crippen LogP contribution < -0.4 is 0 Å². The zero-order valence-electron chi connectivity index (χ0n) is 9.84. The van der Waals surface area contributed by atoms with Crippen LogP contribution in [-0.2, 0) is 11.2 Å². The number of rotatable bonds is 5. The highest BCUT2D eigenvalue weighted by atomic mass is 32.1. The van der Waals surface area contributed by atoms with Crippen LogP contribution in [0.15, 0.2) is 17.3 Å². The highest BCUT2D eigenvalue weighted by Gasteiger charge is 2.09. The van der Waals surface area contributed by atoms with E-state index in [1.165, 1.54) is 17.5 Å². The van der Waals surface area contributed by atoms with Crippen molar-refractivity contribution in [1.29, 1.82) is 0 Å². The largest absolute Gasteiger partial charge is 0.411 e. The molecular formula is C12H18N2O2S. The lowest BCUT2D eigenvalue weighted by Gasteiger charge is -2.26. The van der Waals surface area contributed by atoms with Gasteiger partial charge in [-0.05, 0) is 31.5 Å². The minimum atomic E-state index is 0.871. The standard InChI is InChI=1S/C12H18N2O2S/c15-13-10-12-4-3-11(17-12)2-1-5-14-6-8-16-9-7-14/h3-4,10,15H,1-2,5-9H2. The molecule has 1 N–H and O–H groups in total. The maximum Gasteiger partial charge on any atom is 0.0833 e. The Balaban J connectivity index is 1.69. The van der Waals surface area contributed by atoms with Gasteiger partial charge in [0.25, 0.3) is 0 Å². The molecule has 1 saturated heterocycles. The first-order valence-electron chi connectivity index (χ1n) is 5.95. The van der Waals surface area contributed by atoms with Crippen LogP contribution in [0.2, 0.25) is 0 Å². The summed E-state index contributed by atoms with van der Waals surface area (Å²) in [7, 11) is 0. The summed E-state index contributed by atoms with van der Waals surface area (Å²) in [6, 6.07) is 4.11. The molecule has 1 aliphatic rings. The molecule has 0 spiro atoms. The van der Waals surface area contributed by atoms with E-state index in [4.69, 9.17) is 9.94 Å². The average molecular weight is 254 g/mol. The minimum Gasteiger partial charge on any atom is -0.411 e. The highest BCUT2D eigenvalue weighted by molar-refractivity contribution is 7.13. The summed E-state index contributed by atoms with van der Waals surface area (Å²) >= 11 is 1.69. The Bertz CT molecular complexity index is 359. The molecule has 0 amide bonds. The van der Waals surface area contributed by atoms with E-state index in [1.54, 1.807) is 11.3 Å². The molecule has 0 radical (unpaired) electrons. The molecule has 94 valence electrons. The number of aryl methyl sites for hydroxylation is 1. The van der Waals surface area contributed by atoms with Crippen LogP contribution >= 0.6 is 11.3 Å². The topological polar surface area (TPSA) is 45.1 Å². The maximum atomic E-state index is 8.43. The van der Waals surface area contributed by atoms with E-state index in [2.05, 4.69) is 16.1 Å². The van der Waals surface area contributed by atoms with Crippen LogP contribution in [0.25, 0.3) is 0 Å². The summed E-state index contributed by atoms with van der Waals surface area (Å²) in [4.78, 5) is 4.81. The van der Waals surface area contributed by atoms with Gasteiger partial charge in [-0.1, -0.05) is 5.16 Å². The second kappa shape index (κ2) is 6.74. The summed E-state index contributed by atoms with van der Waals surface area (Å²) in [5, 5.41) is 11.5. The van der Waals surface area contributed by atoms with Crippen LogP contribution in [-0.4, -0.2) is 49.2 Å². The van der Waals surface area contributed by atoms with E-state index in [-0.39, 0.29) is 0 Å². The molecule has 2 rings (SSSR count). The Hall–Kier alpha value is -0.910. The Kier molecular flexibility index (Phi) is 4.97. The zero-order chi connectivity index (χ0) is 11.9. The van der Waals surface area contributed by atoms with E-state index in [0.717, 1.165) is 44.1 Å². The third-order valence-corrected chi connectivity index (χ3v) is 3.95. The maximum absolute atomic E-state index is 8.43. The van der Waals surface area contributed by atoms with Crippen molar-refractivity contribution >= 4 is 17.6 Å². The van der Waals surface area contributed by atoms with Gasteiger partial charge < -0.3 is 9.94 Å². The number of hydrogen-bond donors (Lipinski definition) is 1. The van der Waals surface area contributed by atoms with Gasteiger partial charge in [-0.2, -0.15) is 0 Å². The molecule has 17 heavy (non-hydrogen) atoms. The first-order chi connectivity index (χ1) is 8.38. The van der Waals surface area contributed by atoms with Crippen molar-refractivity contribution in [2.75, 3.05) is 32.8 Å². The van der Waals surface area contributed by atoms with Gasteiger partial charge in [0.05, 0.1) is 19.4 Å². The van der Waals surface area contributed by atoms with Crippen molar-refractivity contribution in [3.05, 3.63) is 21.9 Å². The summed E-state index contributed by atoms with van der Waals surface area (Å²) in [5.74, 6) is 0. The van der Waals surface area contributed by atoms with Crippen LogP contribution in [0.5, 0.6) is 0 Å². The molecular weight excluding hydrogens is 236 g/mol. The van der Waals surface area contributed by atoms with Crippen molar-refractivity contribution in [3.8, 4) is 0 Å². The van der Waals surface area contributed by atoms with E-state index in [0.29, 0.717) is 0 Å². The molecule has 1 fully saturated rings. The van der Waals surface area contributed by atoms with Gasteiger partial charge in [-0.25, -0.2) is 0 Å². The van der Waals surface area contributed by atoms with Crippen LogP contribution in [0.4, 0.5) is 0 Å². The third kappa shape index (κ3) is 4.11. The second-order valence-electron chi connectivity index (χ2n) is 4.11. The predicted molar refractivity (Wildman–Crippen MR) is 69.3 cm³/mol. The summed E-state index contributed by atoms with van der Waals surface area (Å²) in [6.45, 7) is 5.01. The van der Waals surface area contributed by atoms with Gasteiger partial charge in [0.15, 0.2) is 0 Å². The lowest BCUT2D eigenvalue weighted by molar-refractivity contribution is 0.0375. The van der Waals surface area contributed by atoms with E-state index in [9.17, 15) is 0 Å². The average Bonchev–Trinajstić information content (AvgIpc) is 2.79. The van der Waals surface area contributed by atoms with E-state index in [1.807, 2.05) is 6.07 Å². The lowest BCUT2D eigenvalue weighted by atomic mass is 10.2. The molecule has 1 aliphatic heterocycles. The van der Waals surface area contributed by atoms with Crippen molar-refractivity contribution in [1.82, 2.24) is 4.90 Å². The van der Waals surface area contributed by atoms with Crippen molar-refractivity contribution in [2.24, 2.45) is 5.16 Å². The molecule has 4 nitrogen and oxygen atoms in total. The smallest absolute Gasteiger partial charge is 0.0833 e. The lowest BCUT2D eigenvalue weighted by Crippen LogP contribution is -2.36. The van der Waals surface area contributed by atoms with Crippen LogP contribution in [0.3, 0.4) is 0 Å². The fourth-order valence-electron chi connectivity index (χ4n) is 1.96. The number of hydrogen-bond acceptors (Lipinski definition) is 5. The molecule has 0 unspecified atom stereocenters. The summed E-state index contributed by atoms with van der Waals surface area (Å²) < 4.78 is 5.32. The molecule has 1 aromatic heterocycles. The predicted octanol–water partition coefficient (Wildman–Crippen LogP) is 1.82. The SMILES string of the molecule is ON=Cc1ccc(CCCN2CCOCC2)s1. The Morgan fingerprint density at radius 3 is 3.00 bits per heavy atom. The third-order valence-electron chi connectivity index (χ3n) is 2.87. The first-order valence-corrected chi connectivity index (χ1v) is 6.76. The molecule has 0 aliphatic carbocycles. The Morgan fingerprint density at radius 1 is 1.41 bits per heavy atom. The molecule has 2 heterocycles. The zero-order valence-corrected chi connectivity index (χ0v) is 10.7. The molecule has 0 saturated carbocycles. The van der Waals surface area contributed by atoms with Gasteiger partial charge in [-0.3, -0.25) is 4.90 Å². The molecule has 5 heteroatoms. The van der Waals surface area contributed by atoms with Gasteiger partial charge in [0.1, 0.15) is 0 Å². The number of ether oxygens (including phenoxy) is 1. The van der Waals surface area contributed by atoms with Crippen LogP contribution in [0, 0.1) is 0 Å². The summed E-state index contributed by atoms with van der Waals surface area (Å²) in [5.41, 5.74) is 0. The van der Waals surface area contributed by atoms with Crippen molar-refractivity contribution < 1.29 is 9.94 Å². The van der Waals surface area contributed by atoms with E-state index < -0.39 is 0 Å². The summed E-state index contributed by atoms with van der Waals surface area (Å²) in [6.07, 6.45) is 3.76. The van der Waals surface area contributed by atoms with Crippen molar-refractivity contribution in [2.45, 2.75) is 12.8 Å². The molecule has 0 atom stereocenters. The monoisotopic (exact) mass is 254 g/mol. The van der Waals surface area contributed by atoms with Gasteiger partial charge in [0.2, 0.25) is 0 Å². The van der Waals surface area contributed by atoms with Gasteiger partial charge >= 0.3 is 0 Å². The van der Waals surface area contributed by atoms with Crippen LogP contribution in [0.1, 0.15) is 16.2 Å². The molecule has 0 bridgehead atoms. The Morgan fingerprint density at radius 2 is 2.24 bits per heavy atom. The van der Waals surface area contributed by atoms with Gasteiger partial charge in [0, 0.05) is 22.8 Å². The number of nitrogens with zero attached hydrogens (tertiary/aromatic N) is 2.